The van der Waals surface area contributed by atoms with Gasteiger partial charge in [-0.05, 0) is 30.3 Å². The number of sulfone groups is 1. The van der Waals surface area contributed by atoms with E-state index in [0.29, 0.717) is 5.39 Å². The van der Waals surface area contributed by atoms with Crippen LogP contribution in [0.5, 0.6) is 5.75 Å². The fraction of sp³-hybridized carbons (Fsp3) is 0.158. The maximum Gasteiger partial charge on any atom is 1.00 e. The molecular formula is C19H18N2Na2O10S3. The van der Waals surface area contributed by atoms with Gasteiger partial charge in [0.05, 0.1) is 33.5 Å². The maximum atomic E-state index is 12.3. The largest absolute Gasteiger partial charge is 1.00 e. The van der Waals surface area contributed by atoms with Gasteiger partial charge < -0.3 is 14.9 Å². The minimum Gasteiger partial charge on any atom is -0.744 e. The van der Waals surface area contributed by atoms with Crippen molar-refractivity contribution in [1.82, 2.24) is 0 Å². The van der Waals surface area contributed by atoms with Crippen molar-refractivity contribution in [2.75, 3.05) is 12.4 Å². The number of hydrogen-bond acceptors (Lipinski definition) is 13. The quantitative estimate of drug-likeness (QED) is 0.0496. The fourth-order valence-corrected chi connectivity index (χ4v) is 4.76. The van der Waals surface area contributed by atoms with Gasteiger partial charge in [-0.25, -0.2) is 16.8 Å². The number of nitrogens with zero attached hydrogens (tertiary/aromatic N) is 2. The van der Waals surface area contributed by atoms with Gasteiger partial charge in [-0.3, -0.25) is 9.22 Å². The monoisotopic (exact) mass is 576 g/mol. The third-order valence-corrected chi connectivity index (χ3v) is 7.16. The van der Waals surface area contributed by atoms with Crippen LogP contribution in [0, 0.1) is 0 Å². The molecule has 3 rings (SSSR count). The molecule has 0 bridgehead atoms. The second-order valence-electron chi connectivity index (χ2n) is 6.28. The molecule has 0 saturated carbocycles. The first-order valence-electron chi connectivity index (χ1n) is 8.83. The molecule has 0 aliphatic heterocycles. The van der Waals surface area contributed by atoms with Crippen LogP contribution in [-0.2, 0) is 33.5 Å². The van der Waals surface area contributed by atoms with Crippen LogP contribution >= 0.6 is 12.3 Å². The maximum absolute atomic E-state index is 12.3. The molecule has 3 aromatic rings. The molecule has 0 heterocycles. The minimum atomic E-state index is -4.98. The topological polar surface area (TPSA) is 187 Å². The second-order valence-corrected chi connectivity index (χ2v) is 10.2. The van der Waals surface area contributed by atoms with Crippen molar-refractivity contribution in [2.45, 2.75) is 17.2 Å². The first kappa shape index (κ1) is 35.4. The van der Waals surface area contributed by atoms with Gasteiger partial charge in [-0.15, -0.1) is 9.45 Å². The van der Waals surface area contributed by atoms with Crippen LogP contribution in [0.2, 0.25) is 0 Å². The molecule has 12 nitrogen and oxygen atoms in total. The van der Waals surface area contributed by atoms with Crippen LogP contribution in [0.3, 0.4) is 0 Å². The predicted molar refractivity (Wildman–Crippen MR) is 119 cm³/mol. The molecule has 0 aliphatic rings. The number of benzene rings is 3. The molecular weight excluding hydrogens is 558 g/mol. The summed E-state index contributed by atoms with van der Waals surface area (Å²) in [6.45, 7) is -0.267. The van der Waals surface area contributed by atoms with Gasteiger partial charge in [0, 0.05) is 10.8 Å². The number of phenols is 1. The van der Waals surface area contributed by atoms with Crippen molar-refractivity contribution < 1.29 is 104 Å². The summed E-state index contributed by atoms with van der Waals surface area (Å²) in [5, 5.41) is 31.2. The van der Waals surface area contributed by atoms with Gasteiger partial charge >= 0.3 is 59.1 Å². The average Bonchev–Trinajstić information content (AvgIpc) is 2.78. The van der Waals surface area contributed by atoms with E-state index in [2.05, 4.69) is 19.6 Å². The zero-order valence-electron chi connectivity index (χ0n) is 18.4. The molecule has 0 saturated heterocycles. The average molecular weight is 577 g/mol. The van der Waals surface area contributed by atoms with Gasteiger partial charge in [0.15, 0.2) is 22.2 Å². The van der Waals surface area contributed by atoms with Crippen molar-refractivity contribution in [2.24, 2.45) is 10.2 Å². The summed E-state index contributed by atoms with van der Waals surface area (Å²) >= 11 is 0.201. The third kappa shape index (κ3) is 9.28. The Morgan fingerprint density at radius 1 is 0.944 bits per heavy atom. The molecule has 1 N–H and O–H groups in total. The smallest absolute Gasteiger partial charge is 0.744 e. The Balaban J connectivity index is 0.00000408. The molecule has 0 fully saturated rings. The number of fused-ring (bicyclic) bond motifs is 1. The molecule has 0 unspecified atom stereocenters. The molecule has 0 amide bonds. The molecule has 36 heavy (non-hydrogen) atoms. The number of aromatic hydroxyl groups is 1. The summed E-state index contributed by atoms with van der Waals surface area (Å²) in [5.74, 6) is -1.07. The number of azo groups is 1. The van der Waals surface area contributed by atoms with Crippen molar-refractivity contribution in [3.63, 3.8) is 0 Å². The molecule has 0 spiro atoms. The Labute approximate surface area is 256 Å². The molecule has 3 aromatic carbocycles. The standard InChI is InChI=1S/C18H16N2O10S3.CH4.2Na/c21-18-15-4-2-1-3-14(15)16(11-17(18)33(25,26)27)20-19-12-5-7-13(8-6-12)32(23,24)10-9-28-31-30-29-22;;;/h1-8,11,21-22H,9-10H2,(H,25,26,27);1H4;;/q;;2*+1/p-2. The second kappa shape index (κ2) is 15.7. The van der Waals surface area contributed by atoms with Crippen LogP contribution in [0.1, 0.15) is 7.43 Å². The summed E-state index contributed by atoms with van der Waals surface area (Å²) in [6, 6.07) is 12.4. The summed E-state index contributed by atoms with van der Waals surface area (Å²) < 4.78 is 67.6. The minimum absolute atomic E-state index is 0. The van der Waals surface area contributed by atoms with E-state index in [1.807, 2.05) is 0 Å². The number of hydrogen-bond donors (Lipinski definition) is 1. The van der Waals surface area contributed by atoms with E-state index in [1.165, 1.54) is 30.3 Å². The number of rotatable bonds is 10. The van der Waals surface area contributed by atoms with E-state index in [9.17, 15) is 31.8 Å². The van der Waals surface area contributed by atoms with Gasteiger partial charge in [-0.1, -0.05) is 31.7 Å². The van der Waals surface area contributed by atoms with Crippen molar-refractivity contribution in [3.05, 3.63) is 54.6 Å². The molecule has 0 atom stereocenters. The van der Waals surface area contributed by atoms with Crippen LogP contribution in [0.4, 0.5) is 11.4 Å². The molecule has 0 aromatic heterocycles. The van der Waals surface area contributed by atoms with E-state index in [1.54, 1.807) is 18.2 Å². The van der Waals surface area contributed by atoms with E-state index in [4.69, 9.17) is 4.18 Å². The zero-order chi connectivity index (χ0) is 24.1. The first-order chi connectivity index (χ1) is 15.6. The van der Waals surface area contributed by atoms with Gasteiger partial charge in [0.25, 0.3) is 0 Å². The van der Waals surface area contributed by atoms with Crippen LogP contribution in [0.25, 0.3) is 10.8 Å². The summed E-state index contributed by atoms with van der Waals surface area (Å²) in [4.78, 5) is -0.852. The third-order valence-electron chi connectivity index (χ3n) is 4.24. The predicted octanol–water partition coefficient (Wildman–Crippen LogP) is -2.91. The first-order valence-corrected chi connectivity index (χ1v) is 12.6. The van der Waals surface area contributed by atoms with Crippen molar-refractivity contribution >= 4 is 54.4 Å². The normalized spacial score (nSPS) is 11.5. The molecule has 0 radical (unpaired) electrons. The Hall–Kier alpha value is -0.630. The van der Waals surface area contributed by atoms with Gasteiger partial charge in [-0.2, -0.15) is 5.11 Å². The van der Waals surface area contributed by atoms with Crippen LogP contribution < -0.4 is 64.4 Å². The SMILES string of the molecule is C.O=S(=O)([O-])c1cc(N=Nc2ccc(S(=O)(=O)CCOSOO[O-])cc2)c2ccccc2c1O.[Na+].[Na+]. The van der Waals surface area contributed by atoms with Crippen molar-refractivity contribution in [3.8, 4) is 5.75 Å². The molecule has 184 valence electrons. The van der Waals surface area contributed by atoms with Gasteiger partial charge in [0.2, 0.25) is 0 Å². The Bertz CT molecular complexity index is 1390. The van der Waals surface area contributed by atoms with E-state index in [0.717, 1.165) is 6.07 Å². The van der Waals surface area contributed by atoms with Crippen LogP contribution in [-0.4, -0.2) is 38.9 Å². The van der Waals surface area contributed by atoms with Crippen molar-refractivity contribution in [1.29, 1.82) is 0 Å². The van der Waals surface area contributed by atoms with E-state index in [-0.39, 0.29) is 107 Å². The molecule has 17 heteroatoms. The zero-order valence-corrected chi connectivity index (χ0v) is 24.8. The van der Waals surface area contributed by atoms with E-state index >= 15 is 0 Å². The Kier molecular flexibility index (Phi) is 15.4. The Morgan fingerprint density at radius 2 is 1.56 bits per heavy atom. The number of phenolic OH excluding ortho intramolecular Hbond substituents is 1. The van der Waals surface area contributed by atoms with E-state index < -0.39 is 36.4 Å². The van der Waals surface area contributed by atoms with Gasteiger partial charge in [0.1, 0.15) is 15.9 Å². The van der Waals surface area contributed by atoms with Crippen LogP contribution in [0.15, 0.2) is 74.6 Å². The summed E-state index contributed by atoms with van der Waals surface area (Å²) in [6.07, 6.45) is 0. The Morgan fingerprint density at radius 3 is 2.14 bits per heavy atom. The molecule has 0 aliphatic carbocycles. The summed E-state index contributed by atoms with van der Waals surface area (Å²) in [7, 11) is -8.68. The summed E-state index contributed by atoms with van der Waals surface area (Å²) in [5.41, 5.74) is 0.263. The fourth-order valence-electron chi connectivity index (χ4n) is 2.75.